The van der Waals surface area contributed by atoms with Gasteiger partial charge in [-0.1, -0.05) is 56.4 Å². The van der Waals surface area contributed by atoms with E-state index in [9.17, 15) is 0 Å². The van der Waals surface area contributed by atoms with Crippen molar-refractivity contribution in [3.63, 3.8) is 0 Å². The van der Waals surface area contributed by atoms with Gasteiger partial charge in [-0.15, -0.1) is 13.2 Å². The highest BCUT2D eigenvalue weighted by molar-refractivity contribution is 4.87. The van der Waals surface area contributed by atoms with Crippen LogP contribution < -0.4 is 0 Å². The van der Waals surface area contributed by atoms with Crippen LogP contribution >= 0.6 is 0 Å². The molecule has 0 aromatic rings. The number of unbranched alkanes of at least 4 members (excludes halogenated alkanes) is 8. The highest BCUT2D eigenvalue weighted by atomic mass is 14.0. The zero-order valence-corrected chi connectivity index (χ0v) is 10.8. The van der Waals surface area contributed by atoms with Crippen molar-refractivity contribution in [3.05, 3.63) is 37.5 Å². The summed E-state index contributed by atoms with van der Waals surface area (Å²) in [4.78, 5) is 0. The van der Waals surface area contributed by atoms with E-state index in [4.69, 9.17) is 0 Å². The molecule has 0 saturated carbocycles. The predicted molar refractivity (Wildman–Crippen MR) is 75.7 cm³/mol. The SMILES string of the molecule is C=CCC=CCCCCCCCCCC=C. The van der Waals surface area contributed by atoms with E-state index in [2.05, 4.69) is 25.3 Å². The quantitative estimate of drug-likeness (QED) is 0.287. The third-order valence-corrected chi connectivity index (χ3v) is 2.75. The Bertz CT molecular complexity index is 176. The molecule has 0 radical (unpaired) electrons. The topological polar surface area (TPSA) is 0 Å². The number of hydrogen-bond acceptors (Lipinski definition) is 0. The van der Waals surface area contributed by atoms with E-state index in [0.717, 1.165) is 6.42 Å². The Morgan fingerprint density at radius 1 is 0.562 bits per heavy atom. The highest BCUT2D eigenvalue weighted by Crippen LogP contribution is 2.10. The lowest BCUT2D eigenvalue weighted by Crippen LogP contribution is -1.80. The summed E-state index contributed by atoms with van der Waals surface area (Å²) < 4.78 is 0. The fraction of sp³-hybridized carbons (Fsp3) is 0.625. The smallest absolute Gasteiger partial charge is 0.0172 e. The summed E-state index contributed by atoms with van der Waals surface area (Å²) in [6.45, 7) is 7.43. The molecular formula is C16H28. The largest absolute Gasteiger partial charge is 0.103 e. The van der Waals surface area contributed by atoms with Crippen LogP contribution in [0.4, 0.5) is 0 Å². The van der Waals surface area contributed by atoms with Gasteiger partial charge < -0.3 is 0 Å². The summed E-state index contributed by atoms with van der Waals surface area (Å²) in [7, 11) is 0. The van der Waals surface area contributed by atoms with Crippen LogP contribution in [0.5, 0.6) is 0 Å². The first-order chi connectivity index (χ1) is 7.91. The van der Waals surface area contributed by atoms with E-state index >= 15 is 0 Å². The Morgan fingerprint density at radius 3 is 1.69 bits per heavy atom. The molecule has 0 atom stereocenters. The number of hydrogen-bond donors (Lipinski definition) is 0. The molecule has 0 nitrogen and oxygen atoms in total. The van der Waals surface area contributed by atoms with Crippen molar-refractivity contribution in [2.75, 3.05) is 0 Å². The van der Waals surface area contributed by atoms with Gasteiger partial charge in [-0.3, -0.25) is 0 Å². The van der Waals surface area contributed by atoms with Gasteiger partial charge in [-0.2, -0.15) is 0 Å². The molecule has 0 N–H and O–H groups in total. The van der Waals surface area contributed by atoms with Crippen LogP contribution in [0.3, 0.4) is 0 Å². The minimum absolute atomic E-state index is 1.02. The first kappa shape index (κ1) is 15.2. The van der Waals surface area contributed by atoms with Gasteiger partial charge in [0.25, 0.3) is 0 Å². The second-order valence-electron chi connectivity index (χ2n) is 4.34. The Labute approximate surface area is 102 Å². The van der Waals surface area contributed by atoms with Crippen LogP contribution in [0, 0.1) is 0 Å². The molecule has 0 aromatic carbocycles. The molecule has 92 valence electrons. The van der Waals surface area contributed by atoms with E-state index < -0.39 is 0 Å². The lowest BCUT2D eigenvalue weighted by Gasteiger charge is -1.99. The van der Waals surface area contributed by atoms with E-state index in [-0.39, 0.29) is 0 Å². The van der Waals surface area contributed by atoms with Gasteiger partial charge in [-0.05, 0) is 32.1 Å². The predicted octanol–water partition coefficient (Wildman–Crippen LogP) is 5.82. The van der Waals surface area contributed by atoms with Gasteiger partial charge in [0.2, 0.25) is 0 Å². The number of allylic oxidation sites excluding steroid dienone is 4. The molecule has 0 bridgehead atoms. The molecule has 0 aliphatic rings. The summed E-state index contributed by atoms with van der Waals surface area (Å²) >= 11 is 0. The Hall–Kier alpha value is -0.780. The van der Waals surface area contributed by atoms with Crippen molar-refractivity contribution in [3.8, 4) is 0 Å². The van der Waals surface area contributed by atoms with E-state index in [1.54, 1.807) is 0 Å². The van der Waals surface area contributed by atoms with Crippen molar-refractivity contribution in [1.82, 2.24) is 0 Å². The molecule has 0 aromatic heterocycles. The molecule has 0 heteroatoms. The van der Waals surface area contributed by atoms with Crippen molar-refractivity contribution < 1.29 is 0 Å². The molecular weight excluding hydrogens is 192 g/mol. The minimum atomic E-state index is 1.02. The normalized spacial score (nSPS) is 10.8. The van der Waals surface area contributed by atoms with Crippen LogP contribution in [0.25, 0.3) is 0 Å². The van der Waals surface area contributed by atoms with Gasteiger partial charge in [0.1, 0.15) is 0 Å². The fourth-order valence-electron chi connectivity index (χ4n) is 1.75. The molecule has 16 heavy (non-hydrogen) atoms. The van der Waals surface area contributed by atoms with Crippen LogP contribution in [0.15, 0.2) is 37.5 Å². The highest BCUT2D eigenvalue weighted by Gasteiger charge is 1.90. The van der Waals surface area contributed by atoms with Crippen LogP contribution in [0.2, 0.25) is 0 Å². The van der Waals surface area contributed by atoms with E-state index in [1.165, 1.54) is 57.8 Å². The number of rotatable bonds is 12. The lowest BCUT2D eigenvalue weighted by atomic mass is 10.1. The molecule has 0 unspecified atom stereocenters. The maximum Gasteiger partial charge on any atom is -0.0172 e. The summed E-state index contributed by atoms with van der Waals surface area (Å²) in [6.07, 6.45) is 21.6. The second kappa shape index (κ2) is 14.2. The van der Waals surface area contributed by atoms with Gasteiger partial charge in [0.15, 0.2) is 0 Å². The van der Waals surface area contributed by atoms with Crippen LogP contribution in [-0.2, 0) is 0 Å². The minimum Gasteiger partial charge on any atom is -0.103 e. The third kappa shape index (κ3) is 13.2. The molecule has 0 amide bonds. The van der Waals surface area contributed by atoms with Gasteiger partial charge in [0, 0.05) is 0 Å². The monoisotopic (exact) mass is 220 g/mol. The summed E-state index contributed by atoms with van der Waals surface area (Å²) in [6, 6.07) is 0. The van der Waals surface area contributed by atoms with Crippen LogP contribution in [-0.4, -0.2) is 0 Å². The Balaban J connectivity index is 2.98. The van der Waals surface area contributed by atoms with Crippen molar-refractivity contribution in [2.45, 2.75) is 64.2 Å². The Morgan fingerprint density at radius 2 is 1.12 bits per heavy atom. The third-order valence-electron chi connectivity index (χ3n) is 2.75. The molecule has 0 rings (SSSR count). The molecule has 0 aliphatic carbocycles. The van der Waals surface area contributed by atoms with E-state index in [0.29, 0.717) is 0 Å². The zero-order chi connectivity index (χ0) is 11.9. The molecule has 0 heterocycles. The molecule has 0 aliphatic heterocycles. The fourth-order valence-corrected chi connectivity index (χ4v) is 1.75. The average Bonchev–Trinajstić information content (AvgIpc) is 2.31. The van der Waals surface area contributed by atoms with Crippen molar-refractivity contribution >= 4 is 0 Å². The van der Waals surface area contributed by atoms with Gasteiger partial charge in [0.05, 0.1) is 0 Å². The summed E-state index contributed by atoms with van der Waals surface area (Å²) in [5.41, 5.74) is 0. The van der Waals surface area contributed by atoms with Crippen LogP contribution in [0.1, 0.15) is 64.2 Å². The maximum absolute atomic E-state index is 3.74. The lowest BCUT2D eigenvalue weighted by molar-refractivity contribution is 0.583. The van der Waals surface area contributed by atoms with Gasteiger partial charge >= 0.3 is 0 Å². The first-order valence-electron chi connectivity index (χ1n) is 6.78. The summed E-state index contributed by atoms with van der Waals surface area (Å²) in [5.74, 6) is 0. The van der Waals surface area contributed by atoms with Crippen molar-refractivity contribution in [2.24, 2.45) is 0 Å². The zero-order valence-electron chi connectivity index (χ0n) is 10.8. The van der Waals surface area contributed by atoms with Crippen molar-refractivity contribution in [1.29, 1.82) is 0 Å². The Kier molecular flexibility index (Phi) is 13.5. The molecule has 0 fully saturated rings. The molecule has 0 spiro atoms. The standard InChI is InChI=1S/C16H28/c1-3-5-7-9-11-13-15-16-14-12-10-8-6-4-2/h3-4,7,9H,1-2,5-6,8,10-16H2. The van der Waals surface area contributed by atoms with Gasteiger partial charge in [-0.25, -0.2) is 0 Å². The van der Waals surface area contributed by atoms with E-state index in [1.807, 2.05) is 12.2 Å². The second-order valence-corrected chi connectivity index (χ2v) is 4.34. The summed E-state index contributed by atoms with van der Waals surface area (Å²) in [5, 5.41) is 0. The first-order valence-corrected chi connectivity index (χ1v) is 6.78. The average molecular weight is 220 g/mol. The molecule has 0 saturated heterocycles. The maximum atomic E-state index is 3.74.